The molecular weight excluding hydrogens is 350 g/mol. The highest BCUT2D eigenvalue weighted by atomic mass is 35.5. The van der Waals surface area contributed by atoms with Crippen molar-refractivity contribution in [3.8, 4) is 0 Å². The lowest BCUT2D eigenvalue weighted by molar-refractivity contribution is 0.0741. The van der Waals surface area contributed by atoms with Crippen LogP contribution in [0.15, 0.2) is 29.2 Å². The third-order valence-electron chi connectivity index (χ3n) is 4.29. The first-order valence-electron chi connectivity index (χ1n) is 8.02. The van der Waals surface area contributed by atoms with Gasteiger partial charge in [0.15, 0.2) is 0 Å². The number of benzene rings is 1. The molecule has 0 saturated carbocycles. The van der Waals surface area contributed by atoms with Crippen LogP contribution in [0.2, 0.25) is 0 Å². The molecule has 2 atom stereocenters. The first kappa shape index (κ1) is 20.9. The largest absolute Gasteiger partial charge is 0.334 e. The molecule has 2 rings (SSSR count). The molecule has 1 aromatic carbocycles. The molecule has 1 saturated heterocycles. The summed E-state index contributed by atoms with van der Waals surface area (Å²) in [6, 6.07) is 6.05. The van der Waals surface area contributed by atoms with Gasteiger partial charge >= 0.3 is 0 Å². The lowest BCUT2D eigenvalue weighted by Crippen LogP contribution is -2.39. The Balaban J connectivity index is 0.00000288. The third-order valence-corrected chi connectivity index (χ3v) is 5.90. The van der Waals surface area contributed by atoms with E-state index in [0.29, 0.717) is 25.1 Å². The molecular formula is C16H26ClN3O3S. The van der Waals surface area contributed by atoms with Gasteiger partial charge in [0, 0.05) is 30.7 Å². The highest BCUT2D eigenvalue weighted by Crippen LogP contribution is 2.20. The molecule has 0 bridgehead atoms. The number of carbonyl (C=O) groups is 1. The number of nitrogens with one attached hydrogen (secondary N) is 1. The van der Waals surface area contributed by atoms with Crippen LogP contribution in [0.5, 0.6) is 0 Å². The Hall–Kier alpha value is -1.15. The van der Waals surface area contributed by atoms with Crippen molar-refractivity contribution in [2.45, 2.75) is 50.1 Å². The number of hydrogen-bond acceptors (Lipinski definition) is 4. The van der Waals surface area contributed by atoms with Crippen LogP contribution in [0.3, 0.4) is 0 Å². The van der Waals surface area contributed by atoms with Gasteiger partial charge in [-0.25, -0.2) is 13.1 Å². The Bertz CT molecular complexity index is 649. The lowest BCUT2D eigenvalue weighted by atomic mass is 10.1. The summed E-state index contributed by atoms with van der Waals surface area (Å²) in [4.78, 5) is 14.5. The molecule has 136 valence electrons. The predicted molar refractivity (Wildman–Crippen MR) is 96.9 cm³/mol. The van der Waals surface area contributed by atoms with Gasteiger partial charge < -0.3 is 10.6 Å². The summed E-state index contributed by atoms with van der Waals surface area (Å²) in [5.41, 5.74) is 6.19. The van der Waals surface area contributed by atoms with E-state index in [0.717, 1.165) is 12.8 Å². The number of carbonyl (C=O) groups excluding carboxylic acids is 1. The van der Waals surface area contributed by atoms with Gasteiger partial charge in [0.05, 0.1) is 4.90 Å². The summed E-state index contributed by atoms with van der Waals surface area (Å²) in [6.45, 7) is 4.89. The van der Waals surface area contributed by atoms with Crippen molar-refractivity contribution in [1.29, 1.82) is 0 Å². The molecule has 3 N–H and O–H groups in total. The molecule has 1 fully saturated rings. The van der Waals surface area contributed by atoms with Crippen molar-refractivity contribution in [2.75, 3.05) is 13.1 Å². The zero-order valence-electron chi connectivity index (χ0n) is 14.1. The molecule has 24 heavy (non-hydrogen) atoms. The number of hydrogen-bond donors (Lipinski definition) is 2. The van der Waals surface area contributed by atoms with Gasteiger partial charge in [-0.05, 0) is 50.5 Å². The van der Waals surface area contributed by atoms with Crippen molar-refractivity contribution in [1.82, 2.24) is 9.62 Å². The number of nitrogens with two attached hydrogens (primary N) is 1. The van der Waals surface area contributed by atoms with Crippen molar-refractivity contribution >= 4 is 28.3 Å². The molecule has 0 aliphatic carbocycles. The molecule has 0 radical (unpaired) electrons. The van der Waals surface area contributed by atoms with Crippen molar-refractivity contribution in [3.63, 3.8) is 0 Å². The Kier molecular flexibility index (Phi) is 7.66. The minimum absolute atomic E-state index is 0. The van der Waals surface area contributed by atoms with Crippen LogP contribution >= 0.6 is 12.4 Å². The predicted octanol–water partition coefficient (Wildman–Crippen LogP) is 1.75. The van der Waals surface area contributed by atoms with Gasteiger partial charge in [0.25, 0.3) is 5.91 Å². The number of halogens is 1. The second kappa shape index (κ2) is 8.80. The maximum atomic E-state index is 12.5. The van der Waals surface area contributed by atoms with Crippen LogP contribution in [0.25, 0.3) is 0 Å². The fourth-order valence-corrected chi connectivity index (χ4v) is 4.03. The molecule has 1 amide bonds. The normalized spacial score (nSPS) is 19.0. The smallest absolute Gasteiger partial charge is 0.254 e. The molecule has 1 aliphatic rings. The highest BCUT2D eigenvalue weighted by Gasteiger charge is 2.28. The molecule has 6 nitrogen and oxygen atoms in total. The minimum atomic E-state index is -3.54. The lowest BCUT2D eigenvalue weighted by Gasteiger charge is -2.23. The number of amides is 1. The van der Waals surface area contributed by atoms with Gasteiger partial charge in [-0.2, -0.15) is 0 Å². The molecule has 1 heterocycles. The van der Waals surface area contributed by atoms with Crippen LogP contribution in [-0.4, -0.2) is 44.4 Å². The van der Waals surface area contributed by atoms with E-state index in [4.69, 9.17) is 5.73 Å². The maximum Gasteiger partial charge on any atom is 0.254 e. The van der Waals surface area contributed by atoms with Crippen LogP contribution in [-0.2, 0) is 10.0 Å². The van der Waals surface area contributed by atoms with E-state index in [-0.39, 0.29) is 35.3 Å². The molecule has 0 aromatic heterocycles. The third kappa shape index (κ3) is 4.69. The SMILES string of the molecule is CCC(C)NS(=O)(=O)c1ccc(C(=O)N2CCCC2CN)cc1.Cl. The molecule has 1 aliphatic heterocycles. The van der Waals surface area contributed by atoms with Gasteiger partial charge in [-0.1, -0.05) is 6.92 Å². The topological polar surface area (TPSA) is 92.5 Å². The zero-order valence-corrected chi connectivity index (χ0v) is 15.7. The fraction of sp³-hybridized carbons (Fsp3) is 0.562. The number of rotatable bonds is 6. The first-order chi connectivity index (χ1) is 10.9. The van der Waals surface area contributed by atoms with Crippen LogP contribution in [0, 0.1) is 0 Å². The average Bonchev–Trinajstić information content (AvgIpc) is 3.02. The standard InChI is InChI=1S/C16H25N3O3S.ClH/c1-3-12(2)18-23(21,22)15-8-6-13(7-9-15)16(20)19-10-4-5-14(19)11-17;/h6-9,12,14,18H,3-5,10-11,17H2,1-2H3;1H. The Morgan fingerprint density at radius 3 is 2.54 bits per heavy atom. The number of likely N-dealkylation sites (tertiary alicyclic amines) is 1. The quantitative estimate of drug-likeness (QED) is 0.792. The summed E-state index contributed by atoms with van der Waals surface area (Å²) in [5.74, 6) is -0.0863. The van der Waals surface area contributed by atoms with Gasteiger partial charge in [0.1, 0.15) is 0 Å². The molecule has 8 heteroatoms. The fourth-order valence-electron chi connectivity index (χ4n) is 2.71. The summed E-state index contributed by atoms with van der Waals surface area (Å²) in [7, 11) is -3.54. The van der Waals surface area contributed by atoms with E-state index in [1.165, 1.54) is 12.1 Å². The summed E-state index contributed by atoms with van der Waals surface area (Å²) in [6.07, 6.45) is 2.59. The van der Waals surface area contributed by atoms with E-state index < -0.39 is 10.0 Å². The van der Waals surface area contributed by atoms with Gasteiger partial charge in [0.2, 0.25) is 10.0 Å². The van der Waals surface area contributed by atoms with Crippen LogP contribution in [0.4, 0.5) is 0 Å². The number of nitrogens with zero attached hydrogens (tertiary/aromatic N) is 1. The van der Waals surface area contributed by atoms with Crippen LogP contribution in [0.1, 0.15) is 43.5 Å². The zero-order chi connectivity index (χ0) is 17.0. The first-order valence-corrected chi connectivity index (χ1v) is 9.50. The highest BCUT2D eigenvalue weighted by molar-refractivity contribution is 7.89. The van der Waals surface area contributed by atoms with E-state index in [2.05, 4.69) is 4.72 Å². The summed E-state index contributed by atoms with van der Waals surface area (Å²) >= 11 is 0. The van der Waals surface area contributed by atoms with Crippen LogP contribution < -0.4 is 10.5 Å². The van der Waals surface area contributed by atoms with Gasteiger partial charge in [-0.3, -0.25) is 4.79 Å². The number of sulfonamides is 1. The minimum Gasteiger partial charge on any atom is -0.334 e. The second-order valence-electron chi connectivity index (χ2n) is 5.99. The Morgan fingerprint density at radius 2 is 2.00 bits per heavy atom. The Labute approximate surface area is 150 Å². The van der Waals surface area contributed by atoms with E-state index in [1.54, 1.807) is 17.0 Å². The Morgan fingerprint density at radius 1 is 1.38 bits per heavy atom. The summed E-state index contributed by atoms with van der Waals surface area (Å²) < 4.78 is 27.0. The van der Waals surface area contributed by atoms with Gasteiger partial charge in [-0.15, -0.1) is 12.4 Å². The maximum absolute atomic E-state index is 12.5. The molecule has 2 unspecified atom stereocenters. The van der Waals surface area contributed by atoms with E-state index in [1.807, 2.05) is 13.8 Å². The van der Waals surface area contributed by atoms with E-state index >= 15 is 0 Å². The van der Waals surface area contributed by atoms with Crippen molar-refractivity contribution in [3.05, 3.63) is 29.8 Å². The van der Waals surface area contributed by atoms with E-state index in [9.17, 15) is 13.2 Å². The second-order valence-corrected chi connectivity index (χ2v) is 7.70. The monoisotopic (exact) mass is 375 g/mol. The molecule has 0 spiro atoms. The molecule has 1 aromatic rings. The summed E-state index contributed by atoms with van der Waals surface area (Å²) in [5, 5.41) is 0. The average molecular weight is 376 g/mol. The van der Waals surface area contributed by atoms with Crippen molar-refractivity contribution in [2.24, 2.45) is 5.73 Å². The van der Waals surface area contributed by atoms with Crippen molar-refractivity contribution < 1.29 is 13.2 Å².